The van der Waals surface area contributed by atoms with E-state index in [0.717, 1.165) is 31.4 Å². The molecule has 1 aromatic carbocycles. The summed E-state index contributed by atoms with van der Waals surface area (Å²) in [6, 6.07) is 8.04. The number of benzene rings is 1. The molecule has 1 aliphatic carbocycles. The van der Waals surface area contributed by atoms with Gasteiger partial charge in [-0.15, -0.1) is 0 Å². The number of ether oxygens (including phenoxy) is 1. The van der Waals surface area contributed by atoms with Crippen LogP contribution in [0.15, 0.2) is 24.3 Å². The minimum atomic E-state index is -0.225. The highest BCUT2D eigenvalue weighted by Crippen LogP contribution is 2.37. The lowest BCUT2D eigenvalue weighted by atomic mass is 9.76. The van der Waals surface area contributed by atoms with E-state index in [1.807, 2.05) is 12.1 Å². The molecule has 0 aromatic heterocycles. The molecular weight excluding hydrogens is 252 g/mol. The van der Waals surface area contributed by atoms with Gasteiger partial charge in [-0.05, 0) is 30.5 Å². The van der Waals surface area contributed by atoms with Crippen LogP contribution >= 0.6 is 0 Å². The second-order valence-corrected chi connectivity index (χ2v) is 5.46. The molecule has 0 heterocycles. The van der Waals surface area contributed by atoms with Crippen LogP contribution in [0.1, 0.15) is 44.1 Å². The quantitative estimate of drug-likeness (QED) is 0.867. The van der Waals surface area contributed by atoms with E-state index in [4.69, 9.17) is 10.5 Å². The van der Waals surface area contributed by atoms with E-state index in [1.54, 1.807) is 7.11 Å². The van der Waals surface area contributed by atoms with Crippen LogP contribution in [0, 0.1) is 0 Å². The summed E-state index contributed by atoms with van der Waals surface area (Å²) >= 11 is 0. The molecule has 1 aromatic rings. The van der Waals surface area contributed by atoms with E-state index in [9.17, 15) is 4.79 Å². The lowest BCUT2D eigenvalue weighted by Gasteiger charge is -2.39. The lowest BCUT2D eigenvalue weighted by Crippen LogP contribution is -2.47. The smallest absolute Gasteiger partial charge is 0.221 e. The molecule has 4 nitrogen and oxygen atoms in total. The first kappa shape index (κ1) is 14.9. The molecule has 0 aliphatic heterocycles. The van der Waals surface area contributed by atoms with Gasteiger partial charge in [0.25, 0.3) is 0 Å². The van der Waals surface area contributed by atoms with E-state index in [0.29, 0.717) is 13.0 Å². The summed E-state index contributed by atoms with van der Waals surface area (Å²) in [5.74, 6) is 0.887. The third-order valence-corrected chi connectivity index (χ3v) is 4.10. The summed E-state index contributed by atoms with van der Waals surface area (Å²) in [7, 11) is 1.66. The van der Waals surface area contributed by atoms with Gasteiger partial charge in [0, 0.05) is 13.0 Å². The van der Waals surface area contributed by atoms with Gasteiger partial charge in [0.05, 0.1) is 12.6 Å². The van der Waals surface area contributed by atoms with Crippen LogP contribution < -0.4 is 15.8 Å². The Hall–Kier alpha value is -1.55. The number of methoxy groups -OCH3 is 1. The predicted molar refractivity (Wildman–Crippen MR) is 79.6 cm³/mol. The fraction of sp³-hybridized carbons (Fsp3) is 0.562. The molecule has 1 aliphatic rings. The van der Waals surface area contributed by atoms with E-state index >= 15 is 0 Å². The van der Waals surface area contributed by atoms with E-state index in [2.05, 4.69) is 17.4 Å². The van der Waals surface area contributed by atoms with Gasteiger partial charge in [-0.3, -0.25) is 4.79 Å². The third kappa shape index (κ3) is 3.31. The summed E-state index contributed by atoms with van der Waals surface area (Å²) in [6.45, 7) is 0.393. The molecule has 1 fully saturated rings. The predicted octanol–water partition coefficient (Wildman–Crippen LogP) is 2.32. The van der Waals surface area contributed by atoms with Gasteiger partial charge in [0.2, 0.25) is 5.91 Å². The molecule has 1 saturated carbocycles. The maximum Gasteiger partial charge on any atom is 0.221 e. The van der Waals surface area contributed by atoms with Gasteiger partial charge >= 0.3 is 0 Å². The Kier molecular flexibility index (Phi) is 5.01. The average Bonchev–Trinajstić information content (AvgIpc) is 2.48. The lowest BCUT2D eigenvalue weighted by molar-refractivity contribution is -0.123. The van der Waals surface area contributed by atoms with Crippen LogP contribution in [0.3, 0.4) is 0 Å². The van der Waals surface area contributed by atoms with Gasteiger partial charge in [0.15, 0.2) is 0 Å². The highest BCUT2D eigenvalue weighted by molar-refractivity contribution is 5.77. The molecule has 2 rings (SSSR count). The van der Waals surface area contributed by atoms with Crippen molar-refractivity contribution in [2.75, 3.05) is 13.7 Å². The number of nitrogens with one attached hydrogen (secondary N) is 1. The van der Waals surface area contributed by atoms with E-state index in [-0.39, 0.29) is 11.4 Å². The highest BCUT2D eigenvalue weighted by atomic mass is 16.5. The highest BCUT2D eigenvalue weighted by Gasteiger charge is 2.35. The standard InChI is InChI=1S/C16H24N2O2/c1-20-14-7-5-13(6-8-14)16(10-3-2-4-11-16)18-15(19)9-12-17/h5-8H,2-4,9-12,17H2,1H3,(H,18,19). The molecule has 20 heavy (non-hydrogen) atoms. The summed E-state index contributed by atoms with van der Waals surface area (Å²) in [5.41, 5.74) is 6.42. The normalized spacial score (nSPS) is 17.5. The Bertz CT molecular complexity index is 436. The topological polar surface area (TPSA) is 64.3 Å². The monoisotopic (exact) mass is 276 g/mol. The van der Waals surface area contributed by atoms with Crippen LogP contribution in [-0.4, -0.2) is 19.6 Å². The zero-order valence-electron chi connectivity index (χ0n) is 12.2. The summed E-state index contributed by atoms with van der Waals surface area (Å²) in [6.07, 6.45) is 5.91. The van der Waals surface area contributed by atoms with Crippen LogP contribution in [0.2, 0.25) is 0 Å². The van der Waals surface area contributed by atoms with Gasteiger partial charge < -0.3 is 15.8 Å². The van der Waals surface area contributed by atoms with Crippen LogP contribution in [0.5, 0.6) is 5.75 Å². The summed E-state index contributed by atoms with van der Waals surface area (Å²) in [5, 5.41) is 3.23. The maximum atomic E-state index is 12.0. The molecule has 3 N–H and O–H groups in total. The van der Waals surface area contributed by atoms with Gasteiger partial charge in [-0.1, -0.05) is 31.4 Å². The van der Waals surface area contributed by atoms with Crippen molar-refractivity contribution in [3.8, 4) is 5.75 Å². The van der Waals surface area contributed by atoms with Crippen molar-refractivity contribution >= 4 is 5.91 Å². The zero-order valence-corrected chi connectivity index (χ0v) is 12.2. The molecule has 0 unspecified atom stereocenters. The molecule has 110 valence electrons. The minimum Gasteiger partial charge on any atom is -0.497 e. The largest absolute Gasteiger partial charge is 0.497 e. The minimum absolute atomic E-state index is 0.0465. The molecule has 0 radical (unpaired) electrons. The number of carbonyl (C=O) groups excluding carboxylic acids is 1. The number of hydrogen-bond donors (Lipinski definition) is 2. The third-order valence-electron chi connectivity index (χ3n) is 4.10. The fourth-order valence-corrected chi connectivity index (χ4v) is 3.01. The van der Waals surface area contributed by atoms with Crippen LogP contribution in [0.25, 0.3) is 0 Å². The molecular formula is C16H24N2O2. The van der Waals surface area contributed by atoms with E-state index < -0.39 is 0 Å². The number of carbonyl (C=O) groups is 1. The van der Waals surface area contributed by atoms with Crippen molar-refractivity contribution in [2.24, 2.45) is 5.73 Å². The molecule has 1 amide bonds. The van der Waals surface area contributed by atoms with Crippen molar-refractivity contribution in [3.05, 3.63) is 29.8 Å². The van der Waals surface area contributed by atoms with Gasteiger partial charge in [-0.25, -0.2) is 0 Å². The Balaban J connectivity index is 2.22. The Morgan fingerprint density at radius 1 is 1.25 bits per heavy atom. The van der Waals surface area contributed by atoms with Crippen LogP contribution in [0.4, 0.5) is 0 Å². The summed E-state index contributed by atoms with van der Waals surface area (Å²) in [4.78, 5) is 12.0. The van der Waals surface area contributed by atoms with Crippen molar-refractivity contribution in [3.63, 3.8) is 0 Å². The SMILES string of the molecule is COc1ccc(C2(NC(=O)CCN)CCCCC2)cc1. The van der Waals surface area contributed by atoms with Crippen molar-refractivity contribution in [1.82, 2.24) is 5.32 Å². The Morgan fingerprint density at radius 2 is 1.90 bits per heavy atom. The Labute approximate surface area is 120 Å². The van der Waals surface area contributed by atoms with Crippen LogP contribution in [-0.2, 0) is 10.3 Å². The van der Waals surface area contributed by atoms with Gasteiger partial charge in [-0.2, -0.15) is 0 Å². The van der Waals surface area contributed by atoms with Gasteiger partial charge in [0.1, 0.15) is 5.75 Å². The first-order valence-corrected chi connectivity index (χ1v) is 7.36. The number of amides is 1. The molecule has 0 bridgehead atoms. The van der Waals surface area contributed by atoms with Crippen molar-refractivity contribution in [2.45, 2.75) is 44.1 Å². The molecule has 0 saturated heterocycles. The number of nitrogens with two attached hydrogens (primary N) is 1. The van der Waals surface area contributed by atoms with E-state index in [1.165, 1.54) is 12.0 Å². The van der Waals surface area contributed by atoms with Crippen molar-refractivity contribution < 1.29 is 9.53 Å². The number of rotatable bonds is 5. The second-order valence-electron chi connectivity index (χ2n) is 5.46. The first-order chi connectivity index (χ1) is 9.70. The molecule has 4 heteroatoms. The first-order valence-electron chi connectivity index (χ1n) is 7.36. The molecule has 0 atom stereocenters. The summed E-state index contributed by atoms with van der Waals surface area (Å²) < 4.78 is 5.21. The zero-order chi connectivity index (χ0) is 14.4. The Morgan fingerprint density at radius 3 is 2.45 bits per heavy atom. The molecule has 0 spiro atoms. The number of hydrogen-bond acceptors (Lipinski definition) is 3. The van der Waals surface area contributed by atoms with Crippen molar-refractivity contribution in [1.29, 1.82) is 0 Å². The fourth-order valence-electron chi connectivity index (χ4n) is 3.01. The average molecular weight is 276 g/mol. The second kappa shape index (κ2) is 6.75. The maximum absolute atomic E-state index is 12.0.